The van der Waals surface area contributed by atoms with Crippen LogP contribution in [0.4, 0.5) is 0 Å². The molecule has 37 heavy (non-hydrogen) atoms. The van der Waals surface area contributed by atoms with Crippen LogP contribution >= 0.6 is 12.6 Å². The highest BCUT2D eigenvalue weighted by Gasteiger charge is 2.30. The summed E-state index contributed by atoms with van der Waals surface area (Å²) >= 11 is 4.02. The van der Waals surface area contributed by atoms with Gasteiger partial charge in [0.25, 0.3) is 0 Å². The van der Waals surface area contributed by atoms with Crippen molar-refractivity contribution in [3.05, 3.63) is 54.1 Å². The Kier molecular flexibility index (Phi) is 12.6. The van der Waals surface area contributed by atoms with Crippen molar-refractivity contribution in [2.24, 2.45) is 11.5 Å². The fourth-order valence-corrected chi connectivity index (χ4v) is 3.71. The first kappa shape index (κ1) is 29.8. The number of carboxylic acid groups (broad SMARTS) is 1. The summed E-state index contributed by atoms with van der Waals surface area (Å²) in [6, 6.07) is 4.65. The van der Waals surface area contributed by atoms with Gasteiger partial charge in [-0.2, -0.15) is 12.6 Å². The van der Waals surface area contributed by atoms with E-state index in [0.29, 0.717) is 25.1 Å². The minimum absolute atomic E-state index is 0.0692. The monoisotopic (exact) mass is 533 g/mol. The lowest BCUT2D eigenvalue weighted by atomic mass is 10.0. The maximum Gasteiger partial charge on any atom is 0.326 e. The number of rotatable bonds is 16. The van der Waals surface area contributed by atoms with E-state index >= 15 is 0 Å². The van der Waals surface area contributed by atoms with Gasteiger partial charge in [-0.1, -0.05) is 30.3 Å². The number of imidazole rings is 1. The van der Waals surface area contributed by atoms with Crippen molar-refractivity contribution >= 4 is 36.3 Å². The normalized spacial score (nSPS) is 14.1. The van der Waals surface area contributed by atoms with Crippen LogP contribution in [0.1, 0.15) is 30.5 Å². The number of amides is 3. The van der Waals surface area contributed by atoms with E-state index in [4.69, 9.17) is 11.5 Å². The van der Waals surface area contributed by atoms with E-state index < -0.39 is 47.9 Å². The smallest absolute Gasteiger partial charge is 0.326 e. The fourth-order valence-electron chi connectivity index (χ4n) is 3.54. The second-order valence-corrected chi connectivity index (χ2v) is 8.93. The summed E-state index contributed by atoms with van der Waals surface area (Å²) in [5.41, 5.74) is 12.6. The van der Waals surface area contributed by atoms with Crippen molar-refractivity contribution in [3.63, 3.8) is 0 Å². The number of thiol groups is 1. The summed E-state index contributed by atoms with van der Waals surface area (Å²) < 4.78 is 0. The lowest BCUT2D eigenvalue weighted by Crippen LogP contribution is -2.58. The third kappa shape index (κ3) is 10.2. The zero-order chi connectivity index (χ0) is 27.2. The molecule has 4 unspecified atom stereocenters. The average molecular weight is 534 g/mol. The molecular weight excluding hydrogens is 498 g/mol. The molecule has 1 heterocycles. The van der Waals surface area contributed by atoms with Crippen LogP contribution in [0.15, 0.2) is 42.9 Å². The summed E-state index contributed by atoms with van der Waals surface area (Å²) in [6.45, 7) is 0.397. The van der Waals surface area contributed by atoms with Crippen molar-refractivity contribution < 1.29 is 24.3 Å². The summed E-state index contributed by atoms with van der Waals surface area (Å²) in [5.74, 6) is -2.97. The summed E-state index contributed by atoms with van der Waals surface area (Å²) in [7, 11) is 0. The predicted octanol–water partition coefficient (Wildman–Crippen LogP) is -0.880. The first-order chi connectivity index (χ1) is 17.7. The molecule has 0 saturated carbocycles. The summed E-state index contributed by atoms with van der Waals surface area (Å²) in [4.78, 5) is 57.4. The molecule has 0 aliphatic heterocycles. The topological polar surface area (TPSA) is 205 Å². The van der Waals surface area contributed by atoms with Crippen LogP contribution in [0.2, 0.25) is 0 Å². The van der Waals surface area contributed by atoms with Gasteiger partial charge < -0.3 is 37.5 Å². The Labute approximate surface area is 220 Å². The van der Waals surface area contributed by atoms with Crippen LogP contribution in [-0.4, -0.2) is 75.2 Å². The van der Waals surface area contributed by atoms with Crippen molar-refractivity contribution in [3.8, 4) is 0 Å². The van der Waals surface area contributed by atoms with Gasteiger partial charge in [0.2, 0.25) is 17.7 Å². The number of aromatic amines is 1. The third-order valence-electron chi connectivity index (χ3n) is 5.62. The number of benzene rings is 1. The Morgan fingerprint density at radius 1 is 0.946 bits per heavy atom. The second-order valence-electron chi connectivity index (χ2n) is 8.57. The zero-order valence-electron chi connectivity index (χ0n) is 20.4. The molecule has 12 nitrogen and oxygen atoms in total. The average Bonchev–Trinajstić information content (AvgIpc) is 3.40. The minimum atomic E-state index is -1.20. The number of nitrogens with two attached hydrogens (primary N) is 2. The Hall–Kier alpha value is -3.42. The molecule has 2 rings (SSSR count). The molecule has 0 bridgehead atoms. The first-order valence-electron chi connectivity index (χ1n) is 12.0. The third-order valence-corrected chi connectivity index (χ3v) is 6.02. The molecule has 1 aromatic heterocycles. The second kappa shape index (κ2) is 15.6. The van der Waals surface area contributed by atoms with Gasteiger partial charge in [0.15, 0.2) is 0 Å². The van der Waals surface area contributed by atoms with Crippen molar-refractivity contribution in [1.29, 1.82) is 0 Å². The Morgan fingerprint density at radius 3 is 2.19 bits per heavy atom. The van der Waals surface area contributed by atoms with Gasteiger partial charge >= 0.3 is 5.97 Å². The molecule has 4 atom stereocenters. The van der Waals surface area contributed by atoms with Gasteiger partial charge in [-0.25, -0.2) is 9.78 Å². The highest BCUT2D eigenvalue weighted by molar-refractivity contribution is 7.80. The van der Waals surface area contributed by atoms with Crippen molar-refractivity contribution in [2.75, 3.05) is 12.3 Å². The molecular formula is C24H35N7O5S. The molecule has 0 radical (unpaired) electrons. The van der Waals surface area contributed by atoms with E-state index in [0.717, 1.165) is 5.56 Å². The molecule has 1 aromatic carbocycles. The molecule has 0 aliphatic carbocycles. The highest BCUT2D eigenvalue weighted by Crippen LogP contribution is 2.08. The van der Waals surface area contributed by atoms with E-state index in [1.807, 2.05) is 6.07 Å². The number of carbonyl (C=O) groups excluding carboxylic acids is 3. The number of aromatic nitrogens is 2. The molecule has 13 heteroatoms. The van der Waals surface area contributed by atoms with Crippen molar-refractivity contribution in [2.45, 2.75) is 56.3 Å². The summed E-state index contributed by atoms with van der Waals surface area (Å²) in [5, 5.41) is 17.5. The highest BCUT2D eigenvalue weighted by atomic mass is 32.1. The van der Waals surface area contributed by atoms with Crippen LogP contribution < -0.4 is 27.4 Å². The maximum absolute atomic E-state index is 13.2. The fraction of sp³-hybridized carbons (Fsp3) is 0.458. The van der Waals surface area contributed by atoms with Gasteiger partial charge in [0.1, 0.15) is 18.1 Å². The van der Waals surface area contributed by atoms with E-state index in [-0.39, 0.29) is 25.0 Å². The number of nitrogens with one attached hydrogen (secondary N) is 4. The standard InChI is InChI=1S/C24H35N7O5S/c25-9-5-4-8-18(22(33)31-20(24(35)36)10-15-6-2-1-3-7-15)29-23(34)19(11-16-12-27-14-28-16)30-21(32)17(26)13-37/h1-3,6-7,12,14,17-20,37H,4-5,8-11,13,25-26H2,(H,27,28)(H,29,34)(H,30,32)(H,31,33)(H,35,36). The summed E-state index contributed by atoms with van der Waals surface area (Å²) in [6.07, 6.45) is 4.45. The lowest BCUT2D eigenvalue weighted by molar-refractivity contribution is -0.142. The number of carboxylic acids is 1. The zero-order valence-corrected chi connectivity index (χ0v) is 21.3. The van der Waals surface area contributed by atoms with Crippen LogP contribution in [-0.2, 0) is 32.0 Å². The van der Waals surface area contributed by atoms with Gasteiger partial charge in [-0.05, 0) is 31.4 Å². The van der Waals surface area contributed by atoms with E-state index in [1.54, 1.807) is 24.3 Å². The van der Waals surface area contributed by atoms with Gasteiger partial charge in [0, 0.05) is 30.5 Å². The molecule has 3 amide bonds. The SMILES string of the molecule is NCCCCC(NC(=O)C(Cc1cnc[nH]1)NC(=O)C(N)CS)C(=O)NC(Cc1ccccc1)C(=O)O. The van der Waals surface area contributed by atoms with Gasteiger partial charge in [0.05, 0.1) is 12.4 Å². The molecule has 0 spiro atoms. The molecule has 202 valence electrons. The van der Waals surface area contributed by atoms with E-state index in [1.165, 1.54) is 12.5 Å². The molecule has 9 N–H and O–H groups in total. The largest absolute Gasteiger partial charge is 0.480 e. The van der Waals surface area contributed by atoms with Crippen LogP contribution in [0.3, 0.4) is 0 Å². The Bertz CT molecular complexity index is 1010. The van der Waals surface area contributed by atoms with Crippen molar-refractivity contribution in [1.82, 2.24) is 25.9 Å². The number of H-pyrrole nitrogens is 1. The van der Waals surface area contributed by atoms with E-state index in [9.17, 15) is 24.3 Å². The number of nitrogens with zero attached hydrogens (tertiary/aromatic N) is 1. The number of unbranched alkanes of at least 4 members (excludes halogenated alkanes) is 1. The van der Waals surface area contributed by atoms with E-state index in [2.05, 4.69) is 38.5 Å². The number of hydrogen-bond donors (Lipinski definition) is 8. The minimum Gasteiger partial charge on any atom is -0.480 e. The number of carbonyl (C=O) groups is 4. The molecule has 0 aliphatic rings. The van der Waals surface area contributed by atoms with Crippen LogP contribution in [0.5, 0.6) is 0 Å². The lowest BCUT2D eigenvalue weighted by Gasteiger charge is -2.25. The van der Waals surface area contributed by atoms with Gasteiger partial charge in [-0.3, -0.25) is 14.4 Å². The van der Waals surface area contributed by atoms with Crippen LogP contribution in [0, 0.1) is 0 Å². The quantitative estimate of drug-likeness (QED) is 0.100. The maximum atomic E-state index is 13.2. The Balaban J connectivity index is 2.17. The van der Waals surface area contributed by atoms with Crippen LogP contribution in [0.25, 0.3) is 0 Å². The molecule has 0 fully saturated rings. The number of hydrogen-bond acceptors (Lipinski definition) is 8. The Morgan fingerprint density at radius 2 is 1.59 bits per heavy atom. The molecule has 2 aromatic rings. The first-order valence-corrected chi connectivity index (χ1v) is 12.6. The van der Waals surface area contributed by atoms with Gasteiger partial charge in [-0.15, -0.1) is 0 Å². The molecule has 0 saturated heterocycles. The number of aliphatic carboxylic acids is 1. The predicted molar refractivity (Wildman–Crippen MR) is 141 cm³/mol.